The highest BCUT2D eigenvalue weighted by Gasteiger charge is 2.05. The van der Waals surface area contributed by atoms with E-state index < -0.39 is 5.82 Å². The largest absolute Gasteiger partial charge is 0.357 e. The molecule has 0 aliphatic carbocycles. The summed E-state index contributed by atoms with van der Waals surface area (Å²) in [6, 6.07) is 14.5. The van der Waals surface area contributed by atoms with Gasteiger partial charge in [-0.1, -0.05) is 30.3 Å². The van der Waals surface area contributed by atoms with Gasteiger partial charge in [0.25, 0.3) is 0 Å². The molecule has 0 aliphatic heterocycles. The van der Waals surface area contributed by atoms with E-state index in [0.717, 1.165) is 12.1 Å². The SMILES string of the molecule is CCNC(=NCc1ccccc1C)NCc1ccc(C#N)cc1F. The van der Waals surface area contributed by atoms with E-state index in [1.54, 1.807) is 12.1 Å². The molecule has 0 heterocycles. The lowest BCUT2D eigenvalue weighted by Crippen LogP contribution is -2.37. The van der Waals surface area contributed by atoms with Crippen molar-refractivity contribution in [2.45, 2.75) is 26.9 Å². The van der Waals surface area contributed by atoms with E-state index in [9.17, 15) is 4.39 Å². The number of rotatable bonds is 5. The van der Waals surface area contributed by atoms with Gasteiger partial charge in [-0.3, -0.25) is 0 Å². The Kier molecular flexibility index (Phi) is 6.32. The minimum Gasteiger partial charge on any atom is -0.357 e. The highest BCUT2D eigenvalue weighted by Crippen LogP contribution is 2.10. The Balaban J connectivity index is 2.04. The number of nitriles is 1. The molecule has 124 valence electrons. The van der Waals surface area contributed by atoms with Crippen LogP contribution in [-0.2, 0) is 13.1 Å². The number of nitrogens with zero attached hydrogens (tertiary/aromatic N) is 2. The second-order valence-electron chi connectivity index (χ2n) is 5.39. The molecular weight excluding hydrogens is 303 g/mol. The lowest BCUT2D eigenvalue weighted by molar-refractivity contribution is 0.604. The van der Waals surface area contributed by atoms with Gasteiger partial charge in [-0.2, -0.15) is 5.26 Å². The smallest absolute Gasteiger partial charge is 0.191 e. The number of nitrogens with one attached hydrogen (secondary N) is 2. The van der Waals surface area contributed by atoms with Crippen molar-refractivity contribution in [2.24, 2.45) is 4.99 Å². The minimum absolute atomic E-state index is 0.303. The van der Waals surface area contributed by atoms with Crippen LogP contribution in [0.5, 0.6) is 0 Å². The summed E-state index contributed by atoms with van der Waals surface area (Å²) >= 11 is 0. The van der Waals surface area contributed by atoms with E-state index in [0.29, 0.717) is 30.2 Å². The zero-order valence-electron chi connectivity index (χ0n) is 13.9. The normalized spacial score (nSPS) is 11.0. The topological polar surface area (TPSA) is 60.2 Å². The molecule has 0 bridgehead atoms. The van der Waals surface area contributed by atoms with Crippen molar-refractivity contribution in [1.82, 2.24) is 10.6 Å². The van der Waals surface area contributed by atoms with Crippen LogP contribution in [0, 0.1) is 24.1 Å². The van der Waals surface area contributed by atoms with E-state index in [2.05, 4.69) is 28.6 Å². The number of aliphatic imine (C=N–C) groups is 1. The van der Waals surface area contributed by atoms with Crippen LogP contribution < -0.4 is 10.6 Å². The van der Waals surface area contributed by atoms with Crippen LogP contribution in [0.15, 0.2) is 47.5 Å². The van der Waals surface area contributed by atoms with Gasteiger partial charge in [-0.25, -0.2) is 9.38 Å². The van der Waals surface area contributed by atoms with Crippen LogP contribution in [-0.4, -0.2) is 12.5 Å². The lowest BCUT2D eigenvalue weighted by atomic mass is 10.1. The fourth-order valence-electron chi connectivity index (χ4n) is 2.23. The van der Waals surface area contributed by atoms with Gasteiger partial charge >= 0.3 is 0 Å². The van der Waals surface area contributed by atoms with Gasteiger partial charge in [-0.15, -0.1) is 0 Å². The predicted octanol–water partition coefficient (Wildman–Crippen LogP) is 3.26. The molecule has 2 rings (SSSR count). The lowest BCUT2D eigenvalue weighted by Gasteiger charge is -2.12. The third kappa shape index (κ3) is 4.82. The summed E-state index contributed by atoms with van der Waals surface area (Å²) in [4.78, 5) is 4.54. The van der Waals surface area contributed by atoms with E-state index in [-0.39, 0.29) is 0 Å². The molecule has 0 amide bonds. The van der Waals surface area contributed by atoms with E-state index in [1.165, 1.54) is 11.6 Å². The summed E-state index contributed by atoms with van der Waals surface area (Å²) in [7, 11) is 0. The van der Waals surface area contributed by atoms with Crippen LogP contribution in [0.25, 0.3) is 0 Å². The maximum atomic E-state index is 13.9. The van der Waals surface area contributed by atoms with Crippen molar-refractivity contribution in [3.05, 3.63) is 70.5 Å². The first-order valence-electron chi connectivity index (χ1n) is 7.89. The number of aryl methyl sites for hydroxylation is 1. The molecule has 0 aromatic heterocycles. The molecule has 0 spiro atoms. The van der Waals surface area contributed by atoms with Crippen LogP contribution in [0.2, 0.25) is 0 Å². The average molecular weight is 324 g/mol. The van der Waals surface area contributed by atoms with Crippen molar-refractivity contribution < 1.29 is 4.39 Å². The Hall–Kier alpha value is -2.87. The van der Waals surface area contributed by atoms with Crippen molar-refractivity contribution in [2.75, 3.05) is 6.54 Å². The van der Waals surface area contributed by atoms with Gasteiger partial charge in [0.05, 0.1) is 18.2 Å². The molecule has 2 aromatic carbocycles. The monoisotopic (exact) mass is 324 g/mol. The first-order valence-corrected chi connectivity index (χ1v) is 7.89. The third-order valence-corrected chi connectivity index (χ3v) is 3.64. The molecule has 5 heteroatoms. The summed E-state index contributed by atoms with van der Waals surface area (Å²) in [6.45, 7) is 5.61. The zero-order valence-corrected chi connectivity index (χ0v) is 13.9. The Morgan fingerprint density at radius 2 is 1.96 bits per heavy atom. The Bertz CT molecular complexity index is 762. The molecule has 0 saturated carbocycles. The van der Waals surface area contributed by atoms with E-state index in [1.807, 2.05) is 31.2 Å². The number of guanidine groups is 1. The van der Waals surface area contributed by atoms with Crippen LogP contribution >= 0.6 is 0 Å². The second kappa shape index (κ2) is 8.68. The summed E-state index contributed by atoms with van der Waals surface area (Å²) in [5.41, 5.74) is 3.15. The molecule has 24 heavy (non-hydrogen) atoms. The highest BCUT2D eigenvalue weighted by atomic mass is 19.1. The fraction of sp³-hybridized carbons (Fsp3) is 0.263. The first kappa shape index (κ1) is 17.5. The third-order valence-electron chi connectivity index (χ3n) is 3.64. The number of hydrogen-bond donors (Lipinski definition) is 2. The van der Waals surface area contributed by atoms with Gasteiger partial charge < -0.3 is 10.6 Å². The quantitative estimate of drug-likeness (QED) is 0.655. The molecule has 0 fully saturated rings. The molecular formula is C19H21FN4. The van der Waals surface area contributed by atoms with Gasteiger partial charge in [-0.05, 0) is 37.1 Å². The van der Waals surface area contributed by atoms with Gasteiger partial charge in [0.15, 0.2) is 5.96 Å². The number of halogens is 1. The second-order valence-corrected chi connectivity index (χ2v) is 5.39. The molecule has 0 atom stereocenters. The van der Waals surface area contributed by atoms with E-state index >= 15 is 0 Å². The first-order chi connectivity index (χ1) is 11.6. The molecule has 0 radical (unpaired) electrons. The van der Waals surface area contributed by atoms with Gasteiger partial charge in [0, 0.05) is 18.7 Å². The molecule has 4 nitrogen and oxygen atoms in total. The standard InChI is InChI=1S/C19H21FN4/c1-3-22-19(23-12-16-7-5-4-6-14(16)2)24-13-17-9-8-15(11-21)10-18(17)20/h4-10H,3,12-13H2,1-2H3,(H2,22,23,24). The molecule has 2 aromatic rings. The predicted molar refractivity (Wildman–Crippen MR) is 93.9 cm³/mol. The number of benzene rings is 2. The summed E-state index contributed by atoms with van der Waals surface area (Å²) in [5, 5.41) is 15.0. The Morgan fingerprint density at radius 3 is 2.62 bits per heavy atom. The minimum atomic E-state index is -0.392. The Labute approximate surface area is 142 Å². The van der Waals surface area contributed by atoms with Crippen LogP contribution in [0.1, 0.15) is 29.2 Å². The summed E-state index contributed by atoms with van der Waals surface area (Å²) in [5.74, 6) is 0.237. The molecule has 0 unspecified atom stereocenters. The van der Waals surface area contributed by atoms with Crippen molar-refractivity contribution in [3.8, 4) is 6.07 Å². The maximum Gasteiger partial charge on any atom is 0.191 e. The van der Waals surface area contributed by atoms with Crippen LogP contribution in [0.4, 0.5) is 4.39 Å². The van der Waals surface area contributed by atoms with Gasteiger partial charge in [0.1, 0.15) is 5.82 Å². The van der Waals surface area contributed by atoms with Crippen molar-refractivity contribution in [3.63, 3.8) is 0 Å². The average Bonchev–Trinajstić information content (AvgIpc) is 2.59. The molecule has 2 N–H and O–H groups in total. The maximum absolute atomic E-state index is 13.9. The van der Waals surface area contributed by atoms with Crippen molar-refractivity contribution >= 4 is 5.96 Å². The summed E-state index contributed by atoms with van der Waals surface area (Å²) < 4.78 is 13.9. The van der Waals surface area contributed by atoms with Crippen molar-refractivity contribution in [1.29, 1.82) is 5.26 Å². The molecule has 0 saturated heterocycles. The number of hydrogen-bond acceptors (Lipinski definition) is 2. The fourth-order valence-corrected chi connectivity index (χ4v) is 2.23. The highest BCUT2D eigenvalue weighted by molar-refractivity contribution is 5.79. The molecule has 0 aliphatic rings. The van der Waals surface area contributed by atoms with Crippen LogP contribution in [0.3, 0.4) is 0 Å². The Morgan fingerprint density at radius 1 is 1.17 bits per heavy atom. The van der Waals surface area contributed by atoms with E-state index in [4.69, 9.17) is 5.26 Å². The summed E-state index contributed by atoms with van der Waals surface area (Å²) in [6.07, 6.45) is 0. The van der Waals surface area contributed by atoms with Gasteiger partial charge in [0.2, 0.25) is 0 Å². The zero-order chi connectivity index (χ0) is 17.4.